The van der Waals surface area contributed by atoms with Gasteiger partial charge in [0.15, 0.2) is 11.6 Å². The van der Waals surface area contributed by atoms with Crippen molar-refractivity contribution in [3.8, 4) is 17.1 Å². The highest BCUT2D eigenvalue weighted by atomic mass is 19.1. The van der Waals surface area contributed by atoms with E-state index in [1.165, 1.54) is 11.0 Å². The summed E-state index contributed by atoms with van der Waals surface area (Å²) in [6.07, 6.45) is 8.37. The third-order valence-electron chi connectivity index (χ3n) is 12.2. The fourth-order valence-electron chi connectivity index (χ4n) is 8.55. The molecule has 5 heterocycles. The second-order valence-electron chi connectivity index (χ2n) is 16.9. The van der Waals surface area contributed by atoms with E-state index < -0.39 is 23.3 Å². The summed E-state index contributed by atoms with van der Waals surface area (Å²) in [4.78, 5) is 71.9. The number of anilines is 2. The lowest BCUT2D eigenvalue weighted by Gasteiger charge is -2.37. The van der Waals surface area contributed by atoms with Gasteiger partial charge < -0.3 is 45.4 Å². The number of rotatable bonds is 22. The third-order valence-corrected chi connectivity index (χ3v) is 12.2. The highest BCUT2D eigenvalue weighted by Crippen LogP contribution is 2.35. The van der Waals surface area contributed by atoms with Crippen LogP contribution in [0.25, 0.3) is 11.4 Å². The first-order valence-electron chi connectivity index (χ1n) is 23.0. The molecule has 3 aliphatic rings. The molecule has 356 valence electrons. The Kier molecular flexibility index (Phi) is 15.8. The minimum atomic E-state index is -0.741. The number of pyridine rings is 1. The molecule has 18 nitrogen and oxygen atoms in total. The van der Waals surface area contributed by atoms with Crippen LogP contribution >= 0.6 is 0 Å². The second kappa shape index (κ2) is 22.6. The Balaban J connectivity index is 0.695. The smallest absolute Gasteiger partial charge is 0.255 e. The molecule has 3 aliphatic heterocycles. The molecule has 19 heteroatoms. The Bertz CT molecular complexity index is 2590. The summed E-state index contributed by atoms with van der Waals surface area (Å²) in [7, 11) is 0. The number of amides is 5. The van der Waals surface area contributed by atoms with E-state index in [0.29, 0.717) is 78.2 Å². The van der Waals surface area contributed by atoms with Gasteiger partial charge in [-0.3, -0.25) is 34.3 Å². The number of halogens is 1. The molecule has 0 aliphatic carbocycles. The van der Waals surface area contributed by atoms with E-state index in [1.807, 2.05) is 24.3 Å². The molecule has 8 rings (SSSR count). The number of hydrogen-bond donors (Lipinski definition) is 6. The van der Waals surface area contributed by atoms with Gasteiger partial charge in [0, 0.05) is 90.9 Å². The lowest BCUT2D eigenvalue weighted by molar-refractivity contribution is -0.137. The highest BCUT2D eigenvalue weighted by Gasteiger charge is 2.40. The number of hydrogen-bond acceptors (Lipinski definition) is 13. The quantitative estimate of drug-likeness (QED) is 0.0397. The predicted octanol–water partition coefficient (Wildman–Crippen LogP) is 5.00. The monoisotopic (exact) mass is 930 g/mol. The average Bonchev–Trinajstić information content (AvgIpc) is 3.99. The Hall–Kier alpha value is -7.09. The molecule has 1 atom stereocenters. The van der Waals surface area contributed by atoms with E-state index in [4.69, 9.17) is 14.2 Å². The average molecular weight is 931 g/mol. The van der Waals surface area contributed by atoms with Crippen LogP contribution in [0.15, 0.2) is 85.2 Å². The van der Waals surface area contributed by atoms with Crippen molar-refractivity contribution in [2.75, 3.05) is 56.8 Å². The molecule has 2 saturated heterocycles. The van der Waals surface area contributed by atoms with Crippen molar-refractivity contribution in [1.29, 1.82) is 0 Å². The van der Waals surface area contributed by atoms with E-state index >= 15 is 0 Å². The minimum absolute atomic E-state index is 0.0202. The molecule has 0 radical (unpaired) electrons. The number of fused-ring (bicyclic) bond motifs is 1. The number of carbonyl (C=O) groups excluding carboxylic acids is 5. The van der Waals surface area contributed by atoms with Crippen LogP contribution in [-0.2, 0) is 42.5 Å². The number of benzene rings is 3. The zero-order valence-corrected chi connectivity index (χ0v) is 37.6. The van der Waals surface area contributed by atoms with Gasteiger partial charge in [0.1, 0.15) is 24.2 Å². The highest BCUT2D eigenvalue weighted by molar-refractivity contribution is 6.07. The number of imide groups is 1. The molecule has 5 aromatic rings. The lowest BCUT2D eigenvalue weighted by Crippen LogP contribution is -2.52. The summed E-state index contributed by atoms with van der Waals surface area (Å²) >= 11 is 0. The van der Waals surface area contributed by atoms with Crippen LogP contribution in [0.2, 0.25) is 0 Å². The van der Waals surface area contributed by atoms with Crippen LogP contribution < -0.4 is 31.3 Å². The zero-order valence-electron chi connectivity index (χ0n) is 37.6. The van der Waals surface area contributed by atoms with Gasteiger partial charge in [-0.05, 0) is 119 Å². The van der Waals surface area contributed by atoms with Gasteiger partial charge in [0.2, 0.25) is 17.7 Å². The number of nitrogens with one attached hydrogen (secondary N) is 6. The molecule has 0 spiro atoms. The number of piperidine rings is 2. The molecule has 0 saturated carbocycles. The first-order valence-corrected chi connectivity index (χ1v) is 23.0. The molecular formula is C49H55FN10O8. The fraction of sp³-hybridized carbons (Fsp3) is 0.388. The summed E-state index contributed by atoms with van der Waals surface area (Å²) in [5.74, 6) is -0.439. The molecule has 2 aromatic heterocycles. The van der Waals surface area contributed by atoms with Crippen molar-refractivity contribution >= 4 is 40.9 Å². The lowest BCUT2D eigenvalue weighted by atomic mass is 9.87. The number of H-pyrrole nitrogens is 1. The van der Waals surface area contributed by atoms with Crippen molar-refractivity contribution in [2.24, 2.45) is 0 Å². The maximum absolute atomic E-state index is 14.9. The Morgan fingerprint density at radius 3 is 2.50 bits per heavy atom. The van der Waals surface area contributed by atoms with Gasteiger partial charge in [0.05, 0.1) is 12.1 Å². The molecule has 1 unspecified atom stereocenters. The van der Waals surface area contributed by atoms with Crippen LogP contribution in [0.4, 0.5) is 15.8 Å². The largest absolute Gasteiger partial charge is 0.494 e. The molecular weight excluding hydrogens is 876 g/mol. The van der Waals surface area contributed by atoms with Gasteiger partial charge in [0.25, 0.3) is 11.8 Å². The Morgan fingerprint density at radius 1 is 0.868 bits per heavy atom. The number of nitrogens with zero attached hydrogens (tertiary/aromatic N) is 4. The van der Waals surface area contributed by atoms with Gasteiger partial charge in [-0.15, -0.1) is 10.2 Å². The first-order chi connectivity index (χ1) is 33.2. The summed E-state index contributed by atoms with van der Waals surface area (Å²) in [6, 6.07) is 19.8. The van der Waals surface area contributed by atoms with Gasteiger partial charge in [-0.1, -0.05) is 12.1 Å². The number of aromatic amines is 1. The predicted molar refractivity (Wildman–Crippen MR) is 248 cm³/mol. The van der Waals surface area contributed by atoms with Crippen molar-refractivity contribution in [3.05, 3.63) is 119 Å². The Morgan fingerprint density at radius 2 is 1.66 bits per heavy atom. The SMILES string of the molecule is O=C1CCC(N2Cc3c(NC(=O)COCCCOCCCCCOc4ccc(F)c(CNC(=O)c5cccc(NC6(c7nnc(-c8ccncc8)[nH]7)CCNCC6)c5)c4)cccc3C2=O)C(=O)N1. The van der Waals surface area contributed by atoms with Gasteiger partial charge in [-0.2, -0.15) is 0 Å². The number of aromatic nitrogens is 4. The Labute approximate surface area is 392 Å². The second-order valence-corrected chi connectivity index (χ2v) is 16.9. The molecule has 3 aromatic carbocycles. The topological polar surface area (TPSA) is 231 Å². The van der Waals surface area contributed by atoms with Crippen molar-refractivity contribution in [1.82, 2.24) is 41.0 Å². The van der Waals surface area contributed by atoms with Crippen LogP contribution in [0, 0.1) is 5.82 Å². The van der Waals surface area contributed by atoms with Crippen LogP contribution in [-0.4, -0.2) is 107 Å². The van der Waals surface area contributed by atoms with Crippen molar-refractivity contribution in [2.45, 2.75) is 76.0 Å². The molecule has 5 amide bonds. The summed E-state index contributed by atoms with van der Waals surface area (Å²) in [5.41, 5.74) is 3.34. The zero-order chi connectivity index (χ0) is 47.3. The minimum Gasteiger partial charge on any atom is -0.494 e. The van der Waals surface area contributed by atoms with Crippen molar-refractivity contribution < 1.29 is 42.6 Å². The number of unbranched alkanes of at least 4 members (excludes halogenated alkanes) is 2. The maximum atomic E-state index is 14.9. The van der Waals surface area contributed by atoms with E-state index in [2.05, 4.69) is 46.7 Å². The molecule has 2 fully saturated rings. The van der Waals surface area contributed by atoms with E-state index in [0.717, 1.165) is 56.4 Å². The van der Waals surface area contributed by atoms with E-state index in [1.54, 1.807) is 54.9 Å². The molecule has 6 N–H and O–H groups in total. The van der Waals surface area contributed by atoms with Gasteiger partial charge in [-0.25, -0.2) is 4.39 Å². The van der Waals surface area contributed by atoms with Crippen LogP contribution in [0.1, 0.15) is 89.0 Å². The van der Waals surface area contributed by atoms with Gasteiger partial charge >= 0.3 is 0 Å². The molecule has 68 heavy (non-hydrogen) atoms. The van der Waals surface area contributed by atoms with Crippen LogP contribution in [0.3, 0.4) is 0 Å². The van der Waals surface area contributed by atoms with Crippen molar-refractivity contribution in [3.63, 3.8) is 0 Å². The summed E-state index contributed by atoms with van der Waals surface area (Å²) in [6.45, 7) is 3.29. The number of ether oxygens (including phenoxy) is 3. The first kappa shape index (κ1) is 47.4. The van der Waals surface area contributed by atoms with Crippen LogP contribution in [0.5, 0.6) is 5.75 Å². The number of carbonyl (C=O) groups is 5. The summed E-state index contributed by atoms with van der Waals surface area (Å²) < 4.78 is 32.0. The standard InChI is InChI=1S/C49H55FN10O8/c50-39-12-11-36(28-34(39)29-53-45(63)33-7-4-8-35(27-33)57-49(17-21-52-22-18-49)48-56-44(58-59-48)32-15-19-51-20-16-32)68-26-3-1-2-23-66-24-6-25-67-31-43(62)54-40-10-5-9-37-38(40)30-60(47(37)65)41-13-14-42(61)55-46(41)64/h4-5,7-12,15-16,19-20,27-28,41,52,57H,1-3,6,13-14,17-18,21-26,29-31H2,(H,53,63)(H,54,62)(H,55,61,64)(H,56,58,59). The van der Waals surface area contributed by atoms with E-state index in [9.17, 15) is 28.4 Å². The fourth-order valence-corrected chi connectivity index (χ4v) is 8.55. The maximum Gasteiger partial charge on any atom is 0.255 e. The normalized spacial score (nSPS) is 16.5. The summed E-state index contributed by atoms with van der Waals surface area (Å²) in [5, 5.41) is 23.9. The van der Waals surface area contributed by atoms with E-state index in [-0.39, 0.29) is 56.2 Å². The third kappa shape index (κ3) is 11.9. The molecule has 0 bridgehead atoms.